The zero-order chi connectivity index (χ0) is 14.9. The summed E-state index contributed by atoms with van der Waals surface area (Å²) in [5.41, 5.74) is 8.11. The lowest BCUT2D eigenvalue weighted by Gasteiger charge is -2.39. The monoisotopic (exact) mass is 311 g/mol. The van der Waals surface area contributed by atoms with Gasteiger partial charge in [-0.05, 0) is 17.5 Å². The fourth-order valence-electron chi connectivity index (χ4n) is 3.07. The van der Waals surface area contributed by atoms with Gasteiger partial charge in [-0.25, -0.2) is 0 Å². The summed E-state index contributed by atoms with van der Waals surface area (Å²) in [5.74, 6) is 0. The summed E-state index contributed by atoms with van der Waals surface area (Å²) in [6.07, 6.45) is 0.732. The fourth-order valence-corrected chi connectivity index (χ4v) is 4.83. The molecule has 2 N–H and O–H groups in total. The first-order chi connectivity index (χ1) is 10.1. The Kier molecular flexibility index (Phi) is 4.28. The zero-order valence-corrected chi connectivity index (χ0v) is 12.8. The highest BCUT2D eigenvalue weighted by atomic mass is 32.2. The van der Waals surface area contributed by atoms with E-state index in [-0.39, 0.29) is 6.04 Å². The Morgan fingerprint density at radius 2 is 1.90 bits per heavy atom. The Hall–Kier alpha value is -0.990. The van der Waals surface area contributed by atoms with Gasteiger partial charge in [-0.1, -0.05) is 24.3 Å². The number of nitrogens with zero attached hydrogens (tertiary/aromatic N) is 2. The highest BCUT2D eigenvalue weighted by Crippen LogP contribution is 2.32. The lowest BCUT2D eigenvalue weighted by Crippen LogP contribution is -2.52. The van der Waals surface area contributed by atoms with E-state index < -0.39 is 10.2 Å². The number of benzene rings is 1. The summed E-state index contributed by atoms with van der Waals surface area (Å²) in [4.78, 5) is 0. The van der Waals surface area contributed by atoms with Crippen LogP contribution in [-0.4, -0.2) is 56.4 Å². The van der Waals surface area contributed by atoms with Gasteiger partial charge in [0.1, 0.15) is 0 Å². The van der Waals surface area contributed by atoms with Gasteiger partial charge < -0.3 is 10.5 Å². The summed E-state index contributed by atoms with van der Waals surface area (Å²) < 4.78 is 34.0. The first kappa shape index (κ1) is 14.9. The van der Waals surface area contributed by atoms with Crippen LogP contribution in [0.25, 0.3) is 0 Å². The number of nitrogens with two attached hydrogens (primary N) is 1. The first-order valence-electron chi connectivity index (χ1n) is 7.27. The van der Waals surface area contributed by atoms with Gasteiger partial charge in [-0.2, -0.15) is 17.0 Å². The molecular formula is C14H21N3O3S. The van der Waals surface area contributed by atoms with Crippen LogP contribution in [0.2, 0.25) is 0 Å². The van der Waals surface area contributed by atoms with E-state index in [1.165, 1.54) is 9.87 Å². The van der Waals surface area contributed by atoms with E-state index in [2.05, 4.69) is 6.07 Å². The molecule has 2 aliphatic rings. The molecule has 3 rings (SSSR count). The second kappa shape index (κ2) is 6.02. The molecule has 1 aromatic rings. The van der Waals surface area contributed by atoms with Gasteiger partial charge in [0.05, 0.1) is 19.3 Å². The molecule has 2 aliphatic heterocycles. The third-order valence-electron chi connectivity index (χ3n) is 4.18. The first-order valence-corrected chi connectivity index (χ1v) is 8.67. The topological polar surface area (TPSA) is 75.9 Å². The van der Waals surface area contributed by atoms with Crippen LogP contribution in [0.15, 0.2) is 24.3 Å². The highest BCUT2D eigenvalue weighted by Gasteiger charge is 2.38. The van der Waals surface area contributed by atoms with Crippen molar-refractivity contribution in [3.63, 3.8) is 0 Å². The Labute approximate surface area is 125 Å². The minimum Gasteiger partial charge on any atom is -0.379 e. The summed E-state index contributed by atoms with van der Waals surface area (Å²) in [5, 5.41) is 0. The molecule has 21 heavy (non-hydrogen) atoms. The molecule has 0 aliphatic carbocycles. The van der Waals surface area contributed by atoms with E-state index in [4.69, 9.17) is 10.5 Å². The van der Waals surface area contributed by atoms with Crippen LogP contribution >= 0.6 is 0 Å². The molecule has 6 nitrogen and oxygen atoms in total. The lowest BCUT2D eigenvalue weighted by molar-refractivity contribution is 0.0690. The van der Waals surface area contributed by atoms with Gasteiger partial charge in [-0.3, -0.25) is 0 Å². The van der Waals surface area contributed by atoms with Crippen molar-refractivity contribution in [2.75, 3.05) is 39.4 Å². The van der Waals surface area contributed by atoms with Crippen LogP contribution in [0.5, 0.6) is 0 Å². The van der Waals surface area contributed by atoms with E-state index in [9.17, 15) is 8.42 Å². The molecule has 1 unspecified atom stereocenters. The van der Waals surface area contributed by atoms with E-state index >= 15 is 0 Å². The molecule has 0 amide bonds. The molecular weight excluding hydrogens is 290 g/mol. The van der Waals surface area contributed by atoms with Crippen molar-refractivity contribution in [2.24, 2.45) is 5.73 Å². The third-order valence-corrected chi connectivity index (χ3v) is 6.23. The molecule has 1 aromatic carbocycles. The second-order valence-corrected chi connectivity index (χ2v) is 7.21. The molecule has 0 aromatic heterocycles. The molecule has 116 valence electrons. The van der Waals surface area contributed by atoms with E-state index in [0.29, 0.717) is 39.4 Å². The maximum absolute atomic E-state index is 12.9. The van der Waals surface area contributed by atoms with Crippen molar-refractivity contribution in [2.45, 2.75) is 12.5 Å². The zero-order valence-electron chi connectivity index (χ0n) is 11.9. The Morgan fingerprint density at radius 3 is 2.62 bits per heavy atom. The quantitative estimate of drug-likeness (QED) is 0.860. The van der Waals surface area contributed by atoms with Gasteiger partial charge >= 0.3 is 0 Å². The van der Waals surface area contributed by atoms with Crippen LogP contribution in [0, 0.1) is 0 Å². The predicted octanol–water partition coefficient (Wildman–Crippen LogP) is 0.122. The Balaban J connectivity index is 1.91. The van der Waals surface area contributed by atoms with Crippen molar-refractivity contribution in [1.29, 1.82) is 0 Å². The second-order valence-electron chi connectivity index (χ2n) is 5.33. The summed E-state index contributed by atoms with van der Waals surface area (Å²) in [7, 11) is -3.48. The van der Waals surface area contributed by atoms with Crippen molar-refractivity contribution in [3.8, 4) is 0 Å². The van der Waals surface area contributed by atoms with Crippen molar-refractivity contribution < 1.29 is 13.2 Å². The molecule has 2 heterocycles. The standard InChI is InChI=1S/C14H21N3O3S/c15-11-14-13-4-2-1-3-12(13)5-6-17(14)21(18,19)16-7-9-20-10-8-16/h1-4,14H,5-11,15H2. The molecule has 1 saturated heterocycles. The number of fused-ring (bicyclic) bond motifs is 1. The number of rotatable bonds is 3. The van der Waals surface area contributed by atoms with Crippen molar-refractivity contribution in [1.82, 2.24) is 8.61 Å². The Morgan fingerprint density at radius 1 is 1.19 bits per heavy atom. The van der Waals surface area contributed by atoms with E-state index in [0.717, 1.165) is 12.0 Å². The van der Waals surface area contributed by atoms with Crippen LogP contribution in [0.4, 0.5) is 0 Å². The minimum absolute atomic E-state index is 0.275. The summed E-state index contributed by atoms with van der Waals surface area (Å²) >= 11 is 0. The van der Waals surface area contributed by atoms with Crippen LogP contribution in [-0.2, 0) is 21.4 Å². The maximum Gasteiger partial charge on any atom is 0.282 e. The number of hydrogen-bond acceptors (Lipinski definition) is 4. The van der Waals surface area contributed by atoms with Gasteiger partial charge in [0, 0.05) is 26.2 Å². The van der Waals surface area contributed by atoms with Gasteiger partial charge in [0.2, 0.25) is 0 Å². The third kappa shape index (κ3) is 2.72. The molecule has 1 atom stereocenters. The molecule has 7 heteroatoms. The van der Waals surface area contributed by atoms with E-state index in [1.54, 1.807) is 4.31 Å². The number of morpholine rings is 1. The minimum atomic E-state index is -3.48. The van der Waals surface area contributed by atoms with Gasteiger partial charge in [-0.15, -0.1) is 0 Å². The van der Waals surface area contributed by atoms with Crippen LogP contribution in [0.3, 0.4) is 0 Å². The highest BCUT2D eigenvalue weighted by molar-refractivity contribution is 7.86. The largest absolute Gasteiger partial charge is 0.379 e. The lowest BCUT2D eigenvalue weighted by atomic mass is 9.94. The molecule has 1 fully saturated rings. The van der Waals surface area contributed by atoms with Crippen molar-refractivity contribution in [3.05, 3.63) is 35.4 Å². The fraction of sp³-hybridized carbons (Fsp3) is 0.571. The van der Waals surface area contributed by atoms with Crippen LogP contribution in [0.1, 0.15) is 17.2 Å². The normalized spacial score (nSPS) is 24.7. The summed E-state index contributed by atoms with van der Waals surface area (Å²) in [6.45, 7) is 2.52. The SMILES string of the molecule is NCC1c2ccccc2CCN1S(=O)(=O)N1CCOCC1. The number of hydrogen-bond donors (Lipinski definition) is 1. The molecule has 0 radical (unpaired) electrons. The van der Waals surface area contributed by atoms with Crippen molar-refractivity contribution >= 4 is 10.2 Å². The summed E-state index contributed by atoms with van der Waals surface area (Å²) in [6, 6.07) is 7.68. The molecule has 0 bridgehead atoms. The Bertz CT molecular complexity index is 599. The average Bonchev–Trinajstić information content (AvgIpc) is 2.54. The van der Waals surface area contributed by atoms with Crippen LogP contribution < -0.4 is 5.73 Å². The van der Waals surface area contributed by atoms with Gasteiger partial charge in [0.15, 0.2) is 0 Å². The maximum atomic E-state index is 12.9. The molecule has 0 spiro atoms. The predicted molar refractivity (Wildman–Crippen MR) is 80.0 cm³/mol. The number of ether oxygens (including phenoxy) is 1. The van der Waals surface area contributed by atoms with E-state index in [1.807, 2.05) is 18.2 Å². The smallest absolute Gasteiger partial charge is 0.282 e. The van der Waals surface area contributed by atoms with Gasteiger partial charge in [0.25, 0.3) is 10.2 Å². The molecule has 0 saturated carbocycles. The average molecular weight is 311 g/mol.